The first-order chi connectivity index (χ1) is 19.0. The molecular weight excluding hydrogens is 558 g/mol. The molecule has 1 aliphatic rings. The molecule has 41 heavy (non-hydrogen) atoms. The average molecular weight is 592 g/mol. The SMILES string of the molecule is COC(=O)[C@@]1(OC(C)=O)C[C@@H](OC(C)=O)[C@@H](NC(=O)COC(C)=O)C([C@H](OC(C)=O)[C@@H](COC(C)=O)OC(C)=O)O1. The van der Waals surface area contributed by atoms with Crippen LogP contribution in [-0.4, -0.2) is 104 Å². The highest BCUT2D eigenvalue weighted by Gasteiger charge is 2.60. The zero-order chi connectivity index (χ0) is 31.5. The maximum absolute atomic E-state index is 12.9. The quantitative estimate of drug-likeness (QED) is 0.204. The number of ether oxygens (including phenoxy) is 8. The molecule has 17 heteroatoms. The molecule has 0 radical (unpaired) electrons. The van der Waals surface area contributed by atoms with Gasteiger partial charge in [-0.1, -0.05) is 0 Å². The summed E-state index contributed by atoms with van der Waals surface area (Å²) >= 11 is 0. The van der Waals surface area contributed by atoms with Crippen LogP contribution < -0.4 is 5.32 Å². The summed E-state index contributed by atoms with van der Waals surface area (Å²) in [5, 5.41) is 2.40. The first-order valence-corrected chi connectivity index (χ1v) is 12.0. The molecule has 0 bridgehead atoms. The minimum atomic E-state index is -2.64. The third-order valence-corrected chi connectivity index (χ3v) is 5.17. The maximum Gasteiger partial charge on any atom is 0.379 e. The number of amides is 1. The molecule has 1 N–H and O–H groups in total. The lowest BCUT2D eigenvalue weighted by molar-refractivity contribution is -0.304. The van der Waals surface area contributed by atoms with E-state index in [4.69, 9.17) is 33.2 Å². The molecule has 6 atom stereocenters. The smallest absolute Gasteiger partial charge is 0.379 e. The van der Waals surface area contributed by atoms with Gasteiger partial charge >= 0.3 is 47.6 Å². The van der Waals surface area contributed by atoms with Gasteiger partial charge in [0.15, 0.2) is 18.8 Å². The largest absolute Gasteiger partial charge is 0.464 e. The van der Waals surface area contributed by atoms with Crippen molar-refractivity contribution in [3.8, 4) is 0 Å². The average Bonchev–Trinajstić information content (AvgIpc) is 2.83. The van der Waals surface area contributed by atoms with Crippen molar-refractivity contribution in [2.24, 2.45) is 0 Å². The van der Waals surface area contributed by atoms with Gasteiger partial charge in [-0.15, -0.1) is 0 Å². The summed E-state index contributed by atoms with van der Waals surface area (Å²) in [4.78, 5) is 96.6. The number of nitrogens with one attached hydrogen (secondary N) is 1. The molecule has 0 aromatic heterocycles. The van der Waals surface area contributed by atoms with Crippen molar-refractivity contribution in [2.75, 3.05) is 20.3 Å². The molecule has 1 amide bonds. The van der Waals surface area contributed by atoms with Gasteiger partial charge in [-0.25, -0.2) is 4.79 Å². The van der Waals surface area contributed by atoms with Gasteiger partial charge in [0.05, 0.1) is 19.6 Å². The van der Waals surface area contributed by atoms with Gasteiger partial charge in [0.25, 0.3) is 5.91 Å². The van der Waals surface area contributed by atoms with E-state index in [2.05, 4.69) is 10.1 Å². The lowest BCUT2D eigenvalue weighted by Gasteiger charge is -2.48. The third kappa shape index (κ3) is 11.0. The fourth-order valence-corrected chi connectivity index (χ4v) is 3.90. The molecular formula is C24H33NO16. The highest BCUT2D eigenvalue weighted by atomic mass is 16.8. The Labute approximate surface area is 234 Å². The monoisotopic (exact) mass is 591 g/mol. The molecule has 0 spiro atoms. The number of hydrogen-bond acceptors (Lipinski definition) is 16. The molecule has 1 rings (SSSR count). The van der Waals surface area contributed by atoms with Crippen LogP contribution in [0.2, 0.25) is 0 Å². The summed E-state index contributed by atoms with van der Waals surface area (Å²) in [6.07, 6.45) is -7.58. The third-order valence-electron chi connectivity index (χ3n) is 5.17. The van der Waals surface area contributed by atoms with Crippen LogP contribution in [0.5, 0.6) is 0 Å². The molecule has 1 heterocycles. The predicted molar refractivity (Wildman–Crippen MR) is 128 cm³/mol. The zero-order valence-electron chi connectivity index (χ0n) is 23.5. The van der Waals surface area contributed by atoms with Crippen LogP contribution >= 0.6 is 0 Å². The fourth-order valence-electron chi connectivity index (χ4n) is 3.90. The second-order valence-corrected chi connectivity index (χ2v) is 8.67. The van der Waals surface area contributed by atoms with Crippen LogP contribution in [0.4, 0.5) is 0 Å². The Morgan fingerprint density at radius 2 is 1.39 bits per heavy atom. The van der Waals surface area contributed by atoms with E-state index in [1.54, 1.807) is 0 Å². The van der Waals surface area contributed by atoms with Gasteiger partial charge in [-0.2, -0.15) is 0 Å². The van der Waals surface area contributed by atoms with Gasteiger partial charge < -0.3 is 43.2 Å². The molecule has 17 nitrogen and oxygen atoms in total. The van der Waals surface area contributed by atoms with Crippen molar-refractivity contribution in [3.63, 3.8) is 0 Å². The van der Waals surface area contributed by atoms with Gasteiger partial charge in [-0.3, -0.25) is 33.6 Å². The molecule has 1 saturated heterocycles. The molecule has 0 saturated carbocycles. The summed E-state index contributed by atoms with van der Waals surface area (Å²) < 4.78 is 41.3. The van der Waals surface area contributed by atoms with Crippen LogP contribution in [0.1, 0.15) is 48.0 Å². The number of carbonyl (C=O) groups is 8. The van der Waals surface area contributed by atoms with Crippen LogP contribution in [-0.2, 0) is 76.3 Å². The minimum Gasteiger partial charge on any atom is -0.464 e. The molecule has 1 unspecified atom stereocenters. The van der Waals surface area contributed by atoms with E-state index in [1.165, 1.54) is 0 Å². The first kappa shape index (κ1) is 34.7. The fraction of sp³-hybridized carbons (Fsp3) is 0.667. The van der Waals surface area contributed by atoms with Crippen LogP contribution in [0.15, 0.2) is 0 Å². The first-order valence-electron chi connectivity index (χ1n) is 12.0. The van der Waals surface area contributed by atoms with Crippen molar-refractivity contribution >= 4 is 47.7 Å². The van der Waals surface area contributed by atoms with E-state index in [0.717, 1.165) is 48.7 Å². The highest BCUT2D eigenvalue weighted by molar-refractivity contribution is 5.83. The van der Waals surface area contributed by atoms with E-state index in [1.807, 2.05) is 0 Å². The summed E-state index contributed by atoms with van der Waals surface area (Å²) in [5.74, 6) is -10.4. The normalized spacial score (nSPS) is 23.0. The molecule has 0 aromatic rings. The van der Waals surface area contributed by atoms with Gasteiger partial charge in [0.1, 0.15) is 18.8 Å². The summed E-state index contributed by atoms with van der Waals surface area (Å²) in [6.45, 7) is 4.45. The molecule has 0 aliphatic carbocycles. The Kier molecular flexibility index (Phi) is 13.1. The van der Waals surface area contributed by atoms with E-state index >= 15 is 0 Å². The van der Waals surface area contributed by atoms with E-state index < -0.39 is 104 Å². The second-order valence-electron chi connectivity index (χ2n) is 8.67. The Morgan fingerprint density at radius 1 is 0.805 bits per heavy atom. The Bertz CT molecular complexity index is 1040. The number of methoxy groups -OCH3 is 1. The molecule has 1 aliphatic heterocycles. The summed E-state index contributed by atoms with van der Waals surface area (Å²) in [7, 11) is 0.936. The Balaban J connectivity index is 3.87. The van der Waals surface area contributed by atoms with Crippen molar-refractivity contribution in [1.82, 2.24) is 5.32 Å². The number of rotatable bonds is 12. The minimum absolute atomic E-state index is 0.710. The van der Waals surface area contributed by atoms with E-state index in [9.17, 15) is 38.4 Å². The summed E-state index contributed by atoms with van der Waals surface area (Å²) in [5.41, 5.74) is 0. The van der Waals surface area contributed by atoms with Gasteiger partial charge in [0.2, 0.25) is 0 Å². The molecule has 0 aromatic carbocycles. The standard InChI is InChI=1S/C24H33NO16/c1-11(26)35-9-18(38-14(4)29)21(39-15(5)30)22-20(25-19(32)10-36-12(2)27)17(37-13(3)28)8-24(41-22,23(33)34-7)40-16(6)31/h17-18,20-22H,8-10H2,1-7H3,(H,25,32)/t17-,18-,20-,21-,22?,24-/m1/s1. The predicted octanol–water partition coefficient (Wildman–Crippen LogP) is -1.39. The summed E-state index contributed by atoms with van der Waals surface area (Å²) in [6, 6.07) is -1.55. The Morgan fingerprint density at radius 3 is 1.85 bits per heavy atom. The Hall–Kier alpha value is -4.28. The van der Waals surface area contributed by atoms with Gasteiger partial charge in [-0.05, 0) is 0 Å². The number of hydrogen-bond donors (Lipinski definition) is 1. The maximum atomic E-state index is 12.9. The number of esters is 7. The molecule has 230 valence electrons. The van der Waals surface area contributed by atoms with Crippen LogP contribution in [0.25, 0.3) is 0 Å². The lowest BCUT2D eigenvalue weighted by atomic mass is 9.88. The van der Waals surface area contributed by atoms with E-state index in [0.29, 0.717) is 0 Å². The highest BCUT2D eigenvalue weighted by Crippen LogP contribution is 2.37. The molecule has 1 fully saturated rings. The van der Waals surface area contributed by atoms with Crippen LogP contribution in [0, 0.1) is 0 Å². The van der Waals surface area contributed by atoms with Crippen molar-refractivity contribution in [1.29, 1.82) is 0 Å². The van der Waals surface area contributed by atoms with Crippen molar-refractivity contribution in [2.45, 2.75) is 84.2 Å². The second kappa shape index (κ2) is 15.5. The van der Waals surface area contributed by atoms with E-state index in [-0.39, 0.29) is 0 Å². The van der Waals surface area contributed by atoms with Crippen molar-refractivity contribution < 1.29 is 76.3 Å². The lowest BCUT2D eigenvalue weighted by Crippen LogP contribution is -2.69. The van der Waals surface area contributed by atoms with Crippen LogP contribution in [0.3, 0.4) is 0 Å². The van der Waals surface area contributed by atoms with Crippen molar-refractivity contribution in [3.05, 3.63) is 0 Å². The topological polar surface area (TPSA) is 222 Å². The zero-order valence-corrected chi connectivity index (χ0v) is 23.5. The van der Waals surface area contributed by atoms with Gasteiger partial charge in [0, 0.05) is 41.5 Å². The number of carbonyl (C=O) groups excluding carboxylic acids is 8.